The van der Waals surface area contributed by atoms with E-state index < -0.39 is 0 Å². The molecule has 0 aliphatic heterocycles. The minimum atomic E-state index is -0.299. The highest BCUT2D eigenvalue weighted by atomic mass is 32.2. The van der Waals surface area contributed by atoms with E-state index in [0.717, 1.165) is 12.0 Å². The summed E-state index contributed by atoms with van der Waals surface area (Å²) in [4.78, 5) is 25.0. The molecule has 2 aromatic rings. The molecule has 1 aromatic carbocycles. The van der Waals surface area contributed by atoms with Crippen molar-refractivity contribution in [3.05, 3.63) is 41.2 Å². The molecule has 0 radical (unpaired) electrons. The maximum atomic E-state index is 12.6. The molecule has 1 heterocycles. The lowest BCUT2D eigenvalue weighted by Gasteiger charge is -2.29. The Hall–Kier alpha value is -2.35. The molecule has 168 valence electrons. The zero-order valence-corrected chi connectivity index (χ0v) is 19.7. The summed E-state index contributed by atoms with van der Waals surface area (Å²) in [6, 6.07) is 7.44. The molecule has 1 fully saturated rings. The Balaban J connectivity index is 1.58. The van der Waals surface area contributed by atoms with Crippen LogP contribution in [0, 0.1) is 12.8 Å². The van der Waals surface area contributed by atoms with Crippen molar-refractivity contribution >= 4 is 23.6 Å². The Kier molecular flexibility index (Phi) is 8.12. The van der Waals surface area contributed by atoms with E-state index in [4.69, 9.17) is 0 Å². The zero-order chi connectivity index (χ0) is 22.4. The first kappa shape index (κ1) is 23.3. The topological polar surface area (TPSA) is 88.9 Å². The van der Waals surface area contributed by atoms with Gasteiger partial charge in [0.15, 0.2) is 11.0 Å². The fourth-order valence-corrected chi connectivity index (χ4v) is 4.80. The Bertz CT molecular complexity index is 896. The van der Waals surface area contributed by atoms with Gasteiger partial charge in [-0.2, -0.15) is 0 Å². The molecule has 1 aliphatic carbocycles. The molecule has 2 N–H and O–H groups in total. The van der Waals surface area contributed by atoms with E-state index in [0.29, 0.717) is 34.8 Å². The second-order valence-corrected chi connectivity index (χ2v) is 9.31. The minimum Gasteiger partial charge on any atom is -0.352 e. The van der Waals surface area contributed by atoms with Gasteiger partial charge >= 0.3 is 0 Å². The van der Waals surface area contributed by atoms with Crippen LogP contribution in [-0.2, 0) is 11.3 Å². The van der Waals surface area contributed by atoms with Crippen LogP contribution >= 0.6 is 11.8 Å². The summed E-state index contributed by atoms with van der Waals surface area (Å²) in [7, 11) is 0. The number of aromatic nitrogens is 3. The van der Waals surface area contributed by atoms with Crippen molar-refractivity contribution in [1.29, 1.82) is 0 Å². The van der Waals surface area contributed by atoms with Crippen LogP contribution in [0.15, 0.2) is 29.4 Å². The van der Waals surface area contributed by atoms with Crippen molar-refractivity contribution in [1.82, 2.24) is 25.4 Å². The number of hydrogen-bond acceptors (Lipinski definition) is 5. The van der Waals surface area contributed by atoms with E-state index in [1.807, 2.05) is 49.6 Å². The van der Waals surface area contributed by atoms with Gasteiger partial charge in [0, 0.05) is 18.2 Å². The van der Waals surface area contributed by atoms with Gasteiger partial charge in [-0.05, 0) is 51.7 Å². The van der Waals surface area contributed by atoms with Crippen LogP contribution in [0.4, 0.5) is 0 Å². The predicted octanol–water partition coefficient (Wildman–Crippen LogP) is 3.88. The van der Waals surface area contributed by atoms with Gasteiger partial charge < -0.3 is 15.2 Å². The smallest absolute Gasteiger partial charge is 0.251 e. The number of aryl methyl sites for hydroxylation is 1. The molecule has 8 heteroatoms. The van der Waals surface area contributed by atoms with Crippen molar-refractivity contribution in [2.24, 2.45) is 5.92 Å². The minimum absolute atomic E-state index is 0.0386. The second kappa shape index (κ2) is 10.8. The number of rotatable bonds is 8. The molecule has 1 aliphatic rings. The molecule has 3 rings (SSSR count). The number of nitrogens with zero attached hydrogens (tertiary/aromatic N) is 3. The molecular formula is C23H33N5O2S. The van der Waals surface area contributed by atoms with Crippen LogP contribution in [0.3, 0.4) is 0 Å². The monoisotopic (exact) mass is 443 g/mol. The number of thioether (sulfide) groups is 1. The summed E-state index contributed by atoms with van der Waals surface area (Å²) >= 11 is 1.39. The lowest BCUT2D eigenvalue weighted by molar-refractivity contribution is -0.119. The van der Waals surface area contributed by atoms with Crippen LogP contribution in [0.1, 0.15) is 74.2 Å². The van der Waals surface area contributed by atoms with Crippen molar-refractivity contribution in [2.75, 3.05) is 5.75 Å². The van der Waals surface area contributed by atoms with Crippen LogP contribution < -0.4 is 10.6 Å². The fourth-order valence-electron chi connectivity index (χ4n) is 3.98. The molecule has 0 unspecified atom stereocenters. The Morgan fingerprint density at radius 2 is 1.90 bits per heavy atom. The third-order valence-corrected chi connectivity index (χ3v) is 6.87. The summed E-state index contributed by atoms with van der Waals surface area (Å²) in [5, 5.41) is 15.4. The van der Waals surface area contributed by atoms with Crippen molar-refractivity contribution in [3.8, 4) is 0 Å². The van der Waals surface area contributed by atoms with E-state index in [1.165, 1.54) is 31.0 Å². The SMILES string of the molecule is CCn1c(SCC(=O)N[C@@H]2CCCC[C@H]2C)nnc1[C@@H](C)NC(=O)c1ccc(C)cc1. The van der Waals surface area contributed by atoms with Crippen LogP contribution in [0.25, 0.3) is 0 Å². The molecule has 0 spiro atoms. The second-order valence-electron chi connectivity index (χ2n) is 8.37. The first-order valence-electron chi connectivity index (χ1n) is 11.1. The Labute approximate surface area is 188 Å². The summed E-state index contributed by atoms with van der Waals surface area (Å²) < 4.78 is 1.96. The molecule has 0 saturated heterocycles. The Morgan fingerprint density at radius 1 is 1.19 bits per heavy atom. The number of hydrogen-bond donors (Lipinski definition) is 2. The molecular weight excluding hydrogens is 410 g/mol. The maximum absolute atomic E-state index is 12.6. The third kappa shape index (κ3) is 6.09. The van der Waals surface area contributed by atoms with E-state index >= 15 is 0 Å². The van der Waals surface area contributed by atoms with E-state index in [9.17, 15) is 9.59 Å². The van der Waals surface area contributed by atoms with Gasteiger partial charge in [0.05, 0.1) is 11.8 Å². The standard InChI is InChI=1S/C23H33N5O2S/c1-5-28-21(17(4)24-22(30)18-12-10-15(2)11-13-18)26-27-23(28)31-14-20(29)25-19-9-7-6-8-16(19)3/h10-13,16-17,19H,5-9,14H2,1-4H3,(H,24,30)(H,25,29)/t16-,17-,19-/m1/s1. The van der Waals surface area contributed by atoms with Gasteiger partial charge in [0.25, 0.3) is 5.91 Å². The summed E-state index contributed by atoms with van der Waals surface area (Å²) in [6.07, 6.45) is 4.67. The van der Waals surface area contributed by atoms with Gasteiger partial charge in [-0.25, -0.2) is 0 Å². The first-order valence-corrected chi connectivity index (χ1v) is 12.1. The summed E-state index contributed by atoms with van der Waals surface area (Å²) in [6.45, 7) is 8.77. The van der Waals surface area contributed by atoms with Gasteiger partial charge in [-0.3, -0.25) is 9.59 Å². The lowest BCUT2D eigenvalue weighted by Crippen LogP contribution is -2.41. The summed E-state index contributed by atoms with van der Waals surface area (Å²) in [5.41, 5.74) is 1.72. The highest BCUT2D eigenvalue weighted by Crippen LogP contribution is 2.25. The van der Waals surface area contributed by atoms with Crippen LogP contribution in [-0.4, -0.2) is 38.4 Å². The van der Waals surface area contributed by atoms with E-state index in [-0.39, 0.29) is 23.9 Å². The molecule has 2 amide bonds. The molecule has 7 nitrogen and oxygen atoms in total. The van der Waals surface area contributed by atoms with Gasteiger partial charge in [-0.1, -0.05) is 49.2 Å². The molecule has 1 saturated carbocycles. The van der Waals surface area contributed by atoms with Crippen molar-refractivity contribution in [3.63, 3.8) is 0 Å². The summed E-state index contributed by atoms with van der Waals surface area (Å²) in [5.74, 6) is 1.43. The number of amides is 2. The highest BCUT2D eigenvalue weighted by Gasteiger charge is 2.24. The highest BCUT2D eigenvalue weighted by molar-refractivity contribution is 7.99. The van der Waals surface area contributed by atoms with Gasteiger partial charge in [0.2, 0.25) is 5.91 Å². The van der Waals surface area contributed by atoms with E-state index in [2.05, 4.69) is 27.8 Å². The first-order chi connectivity index (χ1) is 14.9. The van der Waals surface area contributed by atoms with Gasteiger partial charge in [-0.15, -0.1) is 10.2 Å². The van der Waals surface area contributed by atoms with Crippen LogP contribution in [0.2, 0.25) is 0 Å². The average molecular weight is 444 g/mol. The third-order valence-electron chi connectivity index (χ3n) is 5.90. The molecule has 3 atom stereocenters. The number of benzene rings is 1. The molecule has 31 heavy (non-hydrogen) atoms. The number of carbonyl (C=O) groups excluding carboxylic acids is 2. The number of nitrogens with one attached hydrogen (secondary N) is 2. The fraction of sp³-hybridized carbons (Fsp3) is 0.565. The zero-order valence-electron chi connectivity index (χ0n) is 18.9. The van der Waals surface area contributed by atoms with Crippen molar-refractivity contribution in [2.45, 2.75) is 77.2 Å². The lowest BCUT2D eigenvalue weighted by atomic mass is 9.86. The normalized spacial score (nSPS) is 19.6. The quantitative estimate of drug-likeness (QED) is 0.605. The largest absolute Gasteiger partial charge is 0.352 e. The Morgan fingerprint density at radius 3 is 2.58 bits per heavy atom. The maximum Gasteiger partial charge on any atom is 0.251 e. The molecule has 1 aromatic heterocycles. The van der Waals surface area contributed by atoms with Crippen molar-refractivity contribution < 1.29 is 9.59 Å². The molecule has 0 bridgehead atoms. The van der Waals surface area contributed by atoms with Gasteiger partial charge in [0.1, 0.15) is 0 Å². The van der Waals surface area contributed by atoms with Crippen LogP contribution in [0.5, 0.6) is 0 Å². The van der Waals surface area contributed by atoms with E-state index in [1.54, 1.807) is 0 Å². The number of carbonyl (C=O) groups is 2. The predicted molar refractivity (Wildman–Crippen MR) is 123 cm³/mol. The average Bonchev–Trinajstić information content (AvgIpc) is 3.17.